The summed E-state index contributed by atoms with van der Waals surface area (Å²) in [5, 5.41) is 0. The van der Waals surface area contributed by atoms with Crippen LogP contribution in [0.5, 0.6) is 11.5 Å². The molecule has 0 N–H and O–H groups in total. The third-order valence-corrected chi connectivity index (χ3v) is 6.52. The Hall–Kier alpha value is -2.00. The van der Waals surface area contributed by atoms with Gasteiger partial charge in [-0.05, 0) is 55.2 Å². The van der Waals surface area contributed by atoms with Gasteiger partial charge in [0.15, 0.2) is 0 Å². The molecule has 196 valence electrons. The Morgan fingerprint density at radius 3 is 1.63 bits per heavy atom. The van der Waals surface area contributed by atoms with Crippen LogP contribution >= 0.6 is 0 Å². The van der Waals surface area contributed by atoms with Gasteiger partial charge in [0.25, 0.3) is 0 Å². The van der Waals surface area contributed by atoms with Crippen molar-refractivity contribution in [2.75, 3.05) is 6.61 Å². The number of benzene rings is 2. The summed E-state index contributed by atoms with van der Waals surface area (Å²) in [4.78, 5) is 0. The zero-order chi connectivity index (χ0) is 25.0. The second-order valence-electron chi connectivity index (χ2n) is 9.87. The Morgan fingerprint density at radius 2 is 1.03 bits per heavy atom. The molecule has 0 heterocycles. The molecule has 0 aliphatic rings. The molecule has 2 rings (SSSR count). The summed E-state index contributed by atoms with van der Waals surface area (Å²) in [5.41, 5.74) is 2.34. The summed E-state index contributed by atoms with van der Waals surface area (Å²) in [6, 6.07) is 16.5. The molecule has 0 aromatic heterocycles. The van der Waals surface area contributed by atoms with Gasteiger partial charge in [0.2, 0.25) is 0 Å². The van der Waals surface area contributed by atoms with Crippen LogP contribution in [0.15, 0.2) is 48.5 Å². The van der Waals surface area contributed by atoms with Crippen molar-refractivity contribution in [3.8, 4) is 11.5 Å². The minimum atomic E-state index is 0.315. The van der Waals surface area contributed by atoms with Crippen molar-refractivity contribution in [3.63, 3.8) is 0 Å². The molecule has 0 saturated heterocycles. The highest BCUT2D eigenvalue weighted by Crippen LogP contribution is 2.18. The average Bonchev–Trinajstić information content (AvgIpc) is 2.89. The number of ether oxygens (including phenoxy) is 3. The van der Waals surface area contributed by atoms with Crippen LogP contribution in [0.3, 0.4) is 0 Å². The van der Waals surface area contributed by atoms with E-state index in [-0.39, 0.29) is 0 Å². The van der Waals surface area contributed by atoms with Gasteiger partial charge in [0, 0.05) is 0 Å². The molecule has 0 amide bonds. The second kappa shape index (κ2) is 19.2. The maximum Gasteiger partial charge on any atom is 0.119 e. The highest BCUT2D eigenvalue weighted by molar-refractivity contribution is 5.29. The van der Waals surface area contributed by atoms with Crippen LogP contribution in [-0.2, 0) is 18.0 Å². The third kappa shape index (κ3) is 14.2. The Bertz CT molecular complexity index is 738. The van der Waals surface area contributed by atoms with Crippen LogP contribution in [0.2, 0.25) is 0 Å². The molecular formula is C32H50O3. The van der Waals surface area contributed by atoms with E-state index in [1.165, 1.54) is 76.2 Å². The van der Waals surface area contributed by atoms with E-state index in [1.807, 2.05) is 24.3 Å². The van der Waals surface area contributed by atoms with E-state index in [2.05, 4.69) is 45.0 Å². The Kier molecular flexibility index (Phi) is 16.1. The first-order valence-electron chi connectivity index (χ1n) is 14.3. The van der Waals surface area contributed by atoms with E-state index < -0.39 is 0 Å². The van der Waals surface area contributed by atoms with E-state index in [0.717, 1.165) is 36.5 Å². The Morgan fingerprint density at radius 1 is 0.543 bits per heavy atom. The predicted molar refractivity (Wildman–Crippen MR) is 148 cm³/mol. The van der Waals surface area contributed by atoms with Crippen LogP contribution in [0.4, 0.5) is 0 Å². The molecular weight excluding hydrogens is 432 g/mol. The van der Waals surface area contributed by atoms with Gasteiger partial charge in [-0.3, -0.25) is 0 Å². The summed E-state index contributed by atoms with van der Waals surface area (Å²) in [6.07, 6.45) is 17.2. The molecule has 0 saturated carbocycles. The highest BCUT2D eigenvalue weighted by atomic mass is 16.5. The summed E-state index contributed by atoms with van der Waals surface area (Å²) in [6.45, 7) is 8.72. The predicted octanol–water partition coefficient (Wildman–Crippen LogP) is 9.66. The number of hydrogen-bond donors (Lipinski definition) is 0. The van der Waals surface area contributed by atoms with Gasteiger partial charge in [0.05, 0.1) is 19.3 Å². The summed E-state index contributed by atoms with van der Waals surface area (Å²) >= 11 is 0. The van der Waals surface area contributed by atoms with Crippen molar-refractivity contribution in [2.45, 2.75) is 124 Å². The topological polar surface area (TPSA) is 27.7 Å². The van der Waals surface area contributed by atoms with Crippen LogP contribution in [0, 0.1) is 0 Å². The lowest BCUT2D eigenvalue weighted by Crippen LogP contribution is -2.08. The van der Waals surface area contributed by atoms with Gasteiger partial charge in [-0.2, -0.15) is 0 Å². The van der Waals surface area contributed by atoms with Crippen molar-refractivity contribution in [1.82, 2.24) is 0 Å². The van der Waals surface area contributed by atoms with Crippen LogP contribution in [-0.4, -0.2) is 12.7 Å². The van der Waals surface area contributed by atoms with E-state index >= 15 is 0 Å². The second-order valence-corrected chi connectivity index (χ2v) is 9.87. The first-order chi connectivity index (χ1) is 17.2. The van der Waals surface area contributed by atoms with Crippen LogP contribution < -0.4 is 9.47 Å². The number of hydrogen-bond acceptors (Lipinski definition) is 3. The monoisotopic (exact) mass is 482 g/mol. The standard InChI is InChI=1S/C32H50O3/c1-4-6-8-10-11-12-13-15-25-33-31-21-17-30(18-22-31)27-35-32-23-19-29(20-24-32)26-34-28(3)16-14-9-7-5-2/h17-24,28H,4-16,25-27H2,1-3H3/t28-/m1/s1. The van der Waals surface area contributed by atoms with Gasteiger partial charge in [0.1, 0.15) is 18.1 Å². The summed E-state index contributed by atoms with van der Waals surface area (Å²) in [5.74, 6) is 1.83. The third-order valence-electron chi connectivity index (χ3n) is 6.52. The molecule has 0 spiro atoms. The normalized spacial score (nSPS) is 12.0. The fourth-order valence-corrected chi connectivity index (χ4v) is 4.14. The molecule has 3 heteroatoms. The molecule has 35 heavy (non-hydrogen) atoms. The SMILES string of the molecule is CCCCCCCCCCOc1ccc(COc2ccc(CO[C@H](C)CCCCCC)cc2)cc1. The van der Waals surface area contributed by atoms with Gasteiger partial charge >= 0.3 is 0 Å². The first-order valence-corrected chi connectivity index (χ1v) is 14.3. The molecule has 2 aromatic carbocycles. The fraction of sp³-hybridized carbons (Fsp3) is 0.625. The van der Waals surface area contributed by atoms with Crippen LogP contribution in [0.1, 0.15) is 115 Å². The van der Waals surface area contributed by atoms with Gasteiger partial charge in [-0.1, -0.05) is 109 Å². The maximum atomic E-state index is 6.00. The zero-order valence-corrected chi connectivity index (χ0v) is 22.7. The maximum absolute atomic E-state index is 6.00. The average molecular weight is 483 g/mol. The molecule has 3 nitrogen and oxygen atoms in total. The molecule has 0 fully saturated rings. The van der Waals surface area contributed by atoms with Crippen molar-refractivity contribution in [3.05, 3.63) is 59.7 Å². The molecule has 0 unspecified atom stereocenters. The molecule has 2 aromatic rings. The van der Waals surface area contributed by atoms with Crippen molar-refractivity contribution < 1.29 is 14.2 Å². The van der Waals surface area contributed by atoms with Crippen molar-refractivity contribution >= 4 is 0 Å². The number of rotatable bonds is 21. The van der Waals surface area contributed by atoms with Gasteiger partial charge < -0.3 is 14.2 Å². The lowest BCUT2D eigenvalue weighted by Gasteiger charge is -2.13. The van der Waals surface area contributed by atoms with Crippen LogP contribution in [0.25, 0.3) is 0 Å². The van der Waals surface area contributed by atoms with E-state index in [9.17, 15) is 0 Å². The molecule has 0 aliphatic heterocycles. The minimum Gasteiger partial charge on any atom is -0.494 e. The quantitative estimate of drug-likeness (QED) is 0.166. The zero-order valence-electron chi connectivity index (χ0n) is 22.7. The largest absolute Gasteiger partial charge is 0.494 e. The van der Waals surface area contributed by atoms with Crippen molar-refractivity contribution in [2.24, 2.45) is 0 Å². The summed E-state index contributed by atoms with van der Waals surface area (Å²) in [7, 11) is 0. The van der Waals surface area contributed by atoms with E-state index in [1.54, 1.807) is 0 Å². The number of unbranched alkanes of at least 4 members (excludes halogenated alkanes) is 10. The smallest absolute Gasteiger partial charge is 0.119 e. The highest BCUT2D eigenvalue weighted by Gasteiger charge is 2.04. The Balaban J connectivity index is 1.57. The lowest BCUT2D eigenvalue weighted by molar-refractivity contribution is 0.0459. The first kappa shape index (κ1) is 29.2. The minimum absolute atomic E-state index is 0.315. The molecule has 0 bridgehead atoms. The molecule has 1 atom stereocenters. The lowest BCUT2D eigenvalue weighted by atomic mass is 10.1. The Labute approximate surface area is 215 Å². The molecule has 0 radical (unpaired) electrons. The fourth-order valence-electron chi connectivity index (χ4n) is 4.14. The van der Waals surface area contributed by atoms with E-state index in [0.29, 0.717) is 19.3 Å². The van der Waals surface area contributed by atoms with Gasteiger partial charge in [-0.25, -0.2) is 0 Å². The molecule has 0 aliphatic carbocycles. The van der Waals surface area contributed by atoms with E-state index in [4.69, 9.17) is 14.2 Å². The van der Waals surface area contributed by atoms with Gasteiger partial charge in [-0.15, -0.1) is 0 Å². The summed E-state index contributed by atoms with van der Waals surface area (Å²) < 4.78 is 17.9. The van der Waals surface area contributed by atoms with Crippen molar-refractivity contribution in [1.29, 1.82) is 0 Å².